The lowest BCUT2D eigenvalue weighted by molar-refractivity contribution is -0.140. The number of aromatic nitrogens is 2. The van der Waals surface area contributed by atoms with Gasteiger partial charge in [-0.25, -0.2) is 9.37 Å². The Labute approximate surface area is 429 Å². The van der Waals surface area contributed by atoms with Crippen LogP contribution < -0.4 is 25.2 Å². The third-order valence-corrected chi connectivity index (χ3v) is 14.2. The molecule has 4 atom stereocenters. The number of hydrogen-bond acceptors (Lipinski definition) is 12. The molecule has 3 aromatic carbocycles. The number of pyridine rings is 1. The first-order chi connectivity index (χ1) is 34.5. The van der Waals surface area contributed by atoms with E-state index in [4.69, 9.17) is 21.7 Å². The summed E-state index contributed by atoms with van der Waals surface area (Å²) in [6.07, 6.45) is -3.13. The first-order valence-electron chi connectivity index (χ1n) is 23.5. The fourth-order valence-electron chi connectivity index (χ4n) is 9.04. The number of ether oxygens (including phenoxy) is 2. The highest BCUT2D eigenvalue weighted by Gasteiger charge is 2.52. The summed E-state index contributed by atoms with van der Waals surface area (Å²) in [6, 6.07) is 20.4. The number of benzene rings is 3. The number of carbonyl (C=O) groups is 4. The lowest BCUT2D eigenvalue weighted by Crippen LogP contribution is -2.53. The van der Waals surface area contributed by atoms with Gasteiger partial charge in [0.05, 0.1) is 75.7 Å². The molecular weight excluding hydrogens is 987 g/mol. The van der Waals surface area contributed by atoms with Crippen molar-refractivity contribution in [3.63, 3.8) is 0 Å². The van der Waals surface area contributed by atoms with Gasteiger partial charge in [-0.05, 0) is 124 Å². The van der Waals surface area contributed by atoms with Crippen LogP contribution in [0.3, 0.4) is 0 Å². The van der Waals surface area contributed by atoms with Crippen LogP contribution in [-0.4, -0.2) is 81.2 Å². The van der Waals surface area contributed by atoms with E-state index in [1.165, 1.54) is 31.0 Å². The number of aryl methyl sites for hydroxylation is 1. The molecule has 0 radical (unpaired) electrons. The minimum absolute atomic E-state index is 0.120. The monoisotopic (exact) mass is 1040 g/mol. The molecule has 1 aliphatic heterocycles. The Bertz CT molecular complexity index is 2900. The van der Waals surface area contributed by atoms with E-state index in [2.05, 4.69) is 20.6 Å². The maximum Gasteiger partial charge on any atom is 0.420 e. The molecule has 2 aromatic heterocycles. The van der Waals surface area contributed by atoms with Gasteiger partial charge in [-0.1, -0.05) is 45.0 Å². The van der Waals surface area contributed by atoms with Crippen LogP contribution in [0.1, 0.15) is 82.7 Å². The highest BCUT2D eigenvalue weighted by Crippen LogP contribution is 2.42. The van der Waals surface area contributed by atoms with Crippen molar-refractivity contribution in [2.45, 2.75) is 97.6 Å². The maximum atomic E-state index is 15.4. The average molecular weight is 1040 g/mol. The molecule has 0 bridgehead atoms. The fraction of sp³-hybridized carbons (Fsp3) is 0.396. The van der Waals surface area contributed by atoms with Crippen LogP contribution in [0.15, 0.2) is 84.5 Å². The van der Waals surface area contributed by atoms with Crippen LogP contribution in [0, 0.1) is 41.3 Å². The predicted molar refractivity (Wildman–Crippen MR) is 271 cm³/mol. The first-order valence-corrected chi connectivity index (χ1v) is 24.8. The summed E-state index contributed by atoms with van der Waals surface area (Å²) >= 11 is 7.10. The van der Waals surface area contributed by atoms with E-state index >= 15 is 4.39 Å². The number of nitrogens with one attached hydrogen (secondary N) is 2. The molecule has 20 heteroatoms. The maximum absolute atomic E-state index is 15.4. The number of thiocarbonyl (C=S) groups is 1. The molecule has 0 spiro atoms. The van der Waals surface area contributed by atoms with Gasteiger partial charge < -0.3 is 30.1 Å². The Kier molecular flexibility index (Phi) is 16.5. The zero-order chi connectivity index (χ0) is 53.0. The van der Waals surface area contributed by atoms with E-state index in [9.17, 15) is 42.7 Å². The molecule has 3 amide bonds. The predicted octanol–water partition coefficient (Wildman–Crippen LogP) is 9.11. The van der Waals surface area contributed by atoms with Gasteiger partial charge in [-0.2, -0.15) is 18.4 Å². The summed E-state index contributed by atoms with van der Waals surface area (Å²) in [6.45, 7) is 11.0. The highest BCUT2D eigenvalue weighted by molar-refractivity contribution is 7.81. The smallest absolute Gasteiger partial charge is 0.420 e. The Morgan fingerprint density at radius 1 is 0.959 bits per heavy atom. The van der Waals surface area contributed by atoms with Crippen LogP contribution >= 0.6 is 23.6 Å². The van der Waals surface area contributed by atoms with Crippen molar-refractivity contribution in [1.29, 1.82) is 5.26 Å². The number of nitrogens with zero attached hydrogens (tertiary/aromatic N) is 5. The average Bonchev–Trinajstić information content (AvgIpc) is 4.01. The van der Waals surface area contributed by atoms with Crippen molar-refractivity contribution in [1.82, 2.24) is 20.6 Å². The van der Waals surface area contributed by atoms with Crippen molar-refractivity contribution in [3.8, 4) is 33.5 Å². The quantitative estimate of drug-likeness (QED) is 0.0430. The number of aliphatic hydroxyl groups excluding tert-OH is 1. The third kappa shape index (κ3) is 12.1. The summed E-state index contributed by atoms with van der Waals surface area (Å²) in [5, 5.41) is 25.3. The number of carbonyl (C=O) groups excluding carboxylic acids is 4. The normalized spacial score (nSPS) is 18.1. The molecule has 7 rings (SSSR count). The number of ketones is 1. The zero-order valence-corrected chi connectivity index (χ0v) is 42.6. The van der Waals surface area contributed by atoms with E-state index in [-0.39, 0.29) is 49.4 Å². The van der Waals surface area contributed by atoms with Gasteiger partial charge in [0.15, 0.2) is 16.7 Å². The number of anilines is 2. The van der Waals surface area contributed by atoms with E-state index in [0.29, 0.717) is 41.5 Å². The number of Topliss-reactive ketones (excluding diaryl/α,β-unsaturated/α-hetero) is 1. The molecule has 1 aliphatic carbocycles. The van der Waals surface area contributed by atoms with E-state index in [0.717, 1.165) is 39.4 Å². The van der Waals surface area contributed by atoms with Crippen molar-refractivity contribution in [3.05, 3.63) is 113 Å². The largest absolute Gasteiger partial charge is 0.494 e. The van der Waals surface area contributed by atoms with Crippen LogP contribution in [0.4, 0.5) is 28.9 Å². The van der Waals surface area contributed by atoms with Gasteiger partial charge in [0.2, 0.25) is 11.8 Å². The second-order valence-electron chi connectivity index (χ2n) is 19.6. The standard InChI is InChI=1S/C53H55F4N7O7S2/c1-30-46(73-29-61-30)33-11-9-31(10-12-33)26-60-48(68)39-24-36(65)23-38(39)45(67)47(51(2,3)4)62-42(66)28-70-21-7-8-22-71-37-17-13-32(14-18-37)40-19-16-35(27-59-40)64-50(72)63(49(69)52(64,5)6)41-20-15-34(25-58)43(44(41)54)53(55,56)57/h9-20,27,29,36,38-39,47,65H,7-8,21-24,26,28H2,1-6H3,(H,60,68)(H,62,66)/t36-,38?,39+,47+/m0/s1. The number of rotatable bonds is 18. The molecule has 1 saturated heterocycles. The molecule has 5 aromatic rings. The number of thiazole rings is 1. The number of halogens is 4. The number of alkyl halides is 3. The number of amides is 3. The summed E-state index contributed by atoms with van der Waals surface area (Å²) < 4.78 is 68.3. The van der Waals surface area contributed by atoms with Gasteiger partial charge >= 0.3 is 6.18 Å². The number of nitriles is 1. The molecule has 3 heterocycles. The third-order valence-electron chi connectivity index (χ3n) is 12.9. The topological polar surface area (TPSA) is 187 Å². The summed E-state index contributed by atoms with van der Waals surface area (Å²) in [5.41, 5.74) is 0.720. The van der Waals surface area contributed by atoms with Crippen LogP contribution in [-0.2, 0) is 36.6 Å². The van der Waals surface area contributed by atoms with Crippen molar-refractivity contribution < 1.29 is 51.3 Å². The van der Waals surface area contributed by atoms with Gasteiger partial charge in [-0.15, -0.1) is 11.3 Å². The molecule has 3 N–H and O–H groups in total. The molecule has 1 unspecified atom stereocenters. The van der Waals surface area contributed by atoms with Gasteiger partial charge in [-0.3, -0.25) is 29.1 Å². The molecule has 73 heavy (non-hydrogen) atoms. The summed E-state index contributed by atoms with van der Waals surface area (Å²) in [5.74, 6) is -4.61. The van der Waals surface area contributed by atoms with Crippen LogP contribution in [0.2, 0.25) is 0 Å². The highest BCUT2D eigenvalue weighted by atomic mass is 32.1. The van der Waals surface area contributed by atoms with Gasteiger partial charge in [0.1, 0.15) is 23.5 Å². The summed E-state index contributed by atoms with van der Waals surface area (Å²) in [4.78, 5) is 66.2. The van der Waals surface area contributed by atoms with Gasteiger partial charge in [0, 0.05) is 24.6 Å². The molecule has 2 fully saturated rings. The van der Waals surface area contributed by atoms with E-state index < -0.39 is 75.6 Å². The molecule has 14 nitrogen and oxygen atoms in total. The minimum Gasteiger partial charge on any atom is -0.494 e. The minimum atomic E-state index is -5.20. The summed E-state index contributed by atoms with van der Waals surface area (Å²) in [7, 11) is 0. The Hall–Kier alpha value is -6.66. The first kappa shape index (κ1) is 54.1. The lowest BCUT2D eigenvalue weighted by atomic mass is 9.77. The van der Waals surface area contributed by atoms with Crippen molar-refractivity contribution in [2.24, 2.45) is 17.3 Å². The molecule has 1 saturated carbocycles. The fourth-order valence-corrected chi connectivity index (χ4v) is 10.4. The number of unbranched alkanes of at least 4 members (excludes halogenated alkanes) is 1. The molecule has 384 valence electrons. The molecular formula is C53H55F4N7O7S2. The Balaban J connectivity index is 0.847. The number of aliphatic hydroxyl groups is 1. The second kappa shape index (κ2) is 22.2. The van der Waals surface area contributed by atoms with Crippen molar-refractivity contribution >= 4 is 63.5 Å². The SMILES string of the molecule is Cc1ncsc1-c1ccc(CNC(=O)[C@@H]2C[C@@H](O)CC2C(=O)[C@@H](NC(=O)COCCCCOc2ccc(-c3ccc(N4C(=S)N(c5ccc(C#N)c(C(F)(F)F)c5F)C(=O)C4(C)C)cn3)cc2)C(C)(C)C)cc1. The lowest BCUT2D eigenvalue weighted by Gasteiger charge is -2.33. The van der Waals surface area contributed by atoms with E-state index in [1.54, 1.807) is 53.2 Å². The van der Waals surface area contributed by atoms with Crippen molar-refractivity contribution in [2.75, 3.05) is 29.6 Å². The molecule has 2 aliphatic rings. The Morgan fingerprint density at radius 2 is 1.63 bits per heavy atom. The van der Waals surface area contributed by atoms with Crippen LogP contribution in [0.5, 0.6) is 5.75 Å². The van der Waals surface area contributed by atoms with Gasteiger partial charge in [0.25, 0.3) is 5.91 Å². The number of hydrogen-bond donors (Lipinski definition) is 3. The second-order valence-corrected chi connectivity index (χ2v) is 20.8. The van der Waals surface area contributed by atoms with E-state index in [1.807, 2.05) is 52.0 Å². The van der Waals surface area contributed by atoms with Crippen LogP contribution in [0.25, 0.3) is 21.7 Å². The zero-order valence-electron chi connectivity index (χ0n) is 41.0. The Morgan fingerprint density at radius 3 is 2.25 bits per heavy atom.